The quantitative estimate of drug-likeness (QED) is 0.501. The van der Waals surface area contributed by atoms with Gasteiger partial charge in [0.05, 0.1) is 31.0 Å². The van der Waals surface area contributed by atoms with Gasteiger partial charge in [-0.25, -0.2) is 9.59 Å². The summed E-state index contributed by atoms with van der Waals surface area (Å²) < 4.78 is 12.3. The zero-order chi connectivity index (χ0) is 20.8. The van der Waals surface area contributed by atoms with E-state index in [0.717, 1.165) is 11.4 Å². The fraction of sp³-hybridized carbons (Fsp3) is 0.368. The average molecular weight is 417 g/mol. The maximum atomic E-state index is 12.5. The molecule has 2 aromatic rings. The van der Waals surface area contributed by atoms with Gasteiger partial charge in [-0.05, 0) is 25.5 Å². The van der Waals surface area contributed by atoms with Crippen molar-refractivity contribution in [3.63, 3.8) is 0 Å². The lowest BCUT2D eigenvalue weighted by molar-refractivity contribution is -0.139. The number of ether oxygens (including phenoxy) is 2. The van der Waals surface area contributed by atoms with Gasteiger partial charge in [0, 0.05) is 17.5 Å². The van der Waals surface area contributed by atoms with E-state index in [-0.39, 0.29) is 12.6 Å². The van der Waals surface area contributed by atoms with Crippen molar-refractivity contribution in [3.05, 3.63) is 41.9 Å². The number of thioether (sulfide) groups is 1. The molecule has 0 spiro atoms. The van der Waals surface area contributed by atoms with Crippen LogP contribution in [0.25, 0.3) is 5.69 Å². The molecule has 10 heteroatoms. The zero-order valence-electron chi connectivity index (χ0n) is 16.5. The van der Waals surface area contributed by atoms with E-state index in [4.69, 9.17) is 9.47 Å². The maximum Gasteiger partial charge on any atom is 0.337 e. The van der Waals surface area contributed by atoms with Crippen LogP contribution in [-0.2, 0) is 9.53 Å². The van der Waals surface area contributed by atoms with Crippen molar-refractivity contribution in [2.45, 2.75) is 31.5 Å². The largest absolute Gasteiger partial charge is 0.497 e. The summed E-state index contributed by atoms with van der Waals surface area (Å²) >= 11 is 1.36. The van der Waals surface area contributed by atoms with Crippen LogP contribution in [0.4, 0.5) is 4.79 Å². The monoisotopic (exact) mass is 417 g/mol. The van der Waals surface area contributed by atoms with Crippen LogP contribution in [0.2, 0.25) is 0 Å². The lowest BCUT2D eigenvalue weighted by atomic mass is 10.0. The minimum atomic E-state index is -0.434. The molecule has 1 aliphatic rings. The number of esters is 1. The molecule has 2 amide bonds. The smallest absolute Gasteiger partial charge is 0.337 e. The lowest BCUT2D eigenvalue weighted by Crippen LogP contribution is -2.50. The van der Waals surface area contributed by atoms with E-state index in [9.17, 15) is 9.59 Å². The van der Waals surface area contributed by atoms with Crippen molar-refractivity contribution in [1.29, 1.82) is 0 Å². The Bertz CT molecular complexity index is 927. The first-order chi connectivity index (χ1) is 14.1. The molecule has 0 saturated carbocycles. The van der Waals surface area contributed by atoms with Crippen molar-refractivity contribution in [2.75, 3.05) is 19.5 Å². The van der Waals surface area contributed by atoms with Crippen LogP contribution in [0.15, 0.2) is 47.0 Å². The minimum absolute atomic E-state index is 0.261. The number of hydrogen-bond acceptors (Lipinski definition) is 7. The standard InChI is InChI=1S/C19H23N5O4S/c1-4-14-16(17(25)28-5-2)15(22-18(26)21-14)10-29-19-23-20-11-24(19)12-7-6-8-13(9-12)27-3/h6-9,11,14H,4-5,10H2,1-3H3,(H2,21,22,26)/t14-/m0/s1. The Morgan fingerprint density at radius 3 is 2.90 bits per heavy atom. The van der Waals surface area contributed by atoms with E-state index in [1.54, 1.807) is 20.4 Å². The SMILES string of the molecule is CCOC(=O)C1=C(CSc2nncn2-c2cccc(OC)c2)NC(=O)N[C@H]1CC. The normalized spacial score (nSPS) is 16.2. The number of rotatable bonds is 8. The summed E-state index contributed by atoms with van der Waals surface area (Å²) in [6.45, 7) is 3.91. The topological polar surface area (TPSA) is 107 Å². The Kier molecular flexibility index (Phi) is 6.76. The highest BCUT2D eigenvalue weighted by Crippen LogP contribution is 2.26. The number of nitrogens with zero attached hydrogens (tertiary/aromatic N) is 3. The first-order valence-corrected chi connectivity index (χ1v) is 10.2. The van der Waals surface area contributed by atoms with E-state index in [1.807, 2.05) is 35.8 Å². The molecule has 1 aromatic heterocycles. The maximum absolute atomic E-state index is 12.5. The minimum Gasteiger partial charge on any atom is -0.497 e. The summed E-state index contributed by atoms with van der Waals surface area (Å²) in [6, 6.07) is 6.79. The molecular formula is C19H23N5O4S. The van der Waals surface area contributed by atoms with Crippen molar-refractivity contribution in [1.82, 2.24) is 25.4 Å². The van der Waals surface area contributed by atoms with Crippen molar-refractivity contribution in [2.24, 2.45) is 0 Å². The number of benzene rings is 1. The van der Waals surface area contributed by atoms with Crippen LogP contribution in [0.5, 0.6) is 5.75 Å². The predicted molar refractivity (Wildman–Crippen MR) is 108 cm³/mol. The van der Waals surface area contributed by atoms with E-state index in [2.05, 4.69) is 20.8 Å². The third kappa shape index (κ3) is 4.70. The number of aromatic nitrogens is 3. The molecule has 0 radical (unpaired) electrons. The van der Waals surface area contributed by atoms with Gasteiger partial charge in [0.15, 0.2) is 5.16 Å². The third-order valence-electron chi connectivity index (χ3n) is 4.34. The van der Waals surface area contributed by atoms with E-state index in [0.29, 0.717) is 28.6 Å². The molecule has 0 bridgehead atoms. The van der Waals surface area contributed by atoms with Gasteiger partial charge in [-0.2, -0.15) is 0 Å². The summed E-state index contributed by atoms with van der Waals surface area (Å²) in [6.07, 6.45) is 2.18. The second-order valence-electron chi connectivity index (χ2n) is 6.15. The second-order valence-corrected chi connectivity index (χ2v) is 7.09. The molecule has 9 nitrogen and oxygen atoms in total. The fourth-order valence-corrected chi connectivity index (χ4v) is 3.87. The highest BCUT2D eigenvalue weighted by Gasteiger charge is 2.31. The Morgan fingerprint density at radius 1 is 1.34 bits per heavy atom. The molecule has 2 N–H and O–H groups in total. The highest BCUT2D eigenvalue weighted by molar-refractivity contribution is 7.99. The molecule has 2 heterocycles. The van der Waals surface area contributed by atoms with Gasteiger partial charge in [-0.3, -0.25) is 4.57 Å². The molecule has 0 saturated heterocycles. The fourth-order valence-electron chi connectivity index (χ4n) is 2.97. The molecule has 0 aliphatic carbocycles. The lowest BCUT2D eigenvalue weighted by Gasteiger charge is -2.28. The highest BCUT2D eigenvalue weighted by atomic mass is 32.2. The van der Waals surface area contributed by atoms with Gasteiger partial charge < -0.3 is 20.1 Å². The Morgan fingerprint density at radius 2 is 2.17 bits per heavy atom. The van der Waals surface area contributed by atoms with E-state index < -0.39 is 12.0 Å². The number of carbonyl (C=O) groups is 2. The van der Waals surface area contributed by atoms with Crippen molar-refractivity contribution < 1.29 is 19.1 Å². The first-order valence-electron chi connectivity index (χ1n) is 9.22. The summed E-state index contributed by atoms with van der Waals surface area (Å²) in [7, 11) is 1.61. The third-order valence-corrected chi connectivity index (χ3v) is 5.31. The van der Waals surface area contributed by atoms with Crippen LogP contribution in [0.1, 0.15) is 20.3 Å². The molecule has 29 heavy (non-hydrogen) atoms. The van der Waals surface area contributed by atoms with Gasteiger partial charge in [-0.1, -0.05) is 24.8 Å². The number of urea groups is 1. The number of hydrogen-bond donors (Lipinski definition) is 2. The Labute approximate surface area is 172 Å². The van der Waals surface area contributed by atoms with E-state index >= 15 is 0 Å². The van der Waals surface area contributed by atoms with Crippen LogP contribution < -0.4 is 15.4 Å². The Balaban J connectivity index is 1.86. The Hall–Kier alpha value is -3.01. The molecule has 0 unspecified atom stereocenters. The van der Waals surface area contributed by atoms with Gasteiger partial charge >= 0.3 is 12.0 Å². The molecule has 0 fully saturated rings. The molecule has 1 aromatic carbocycles. The van der Waals surface area contributed by atoms with Crippen LogP contribution in [0, 0.1) is 0 Å². The van der Waals surface area contributed by atoms with E-state index in [1.165, 1.54) is 11.8 Å². The van der Waals surface area contributed by atoms with Gasteiger partial charge in [0.1, 0.15) is 12.1 Å². The van der Waals surface area contributed by atoms with Crippen molar-refractivity contribution in [3.8, 4) is 11.4 Å². The zero-order valence-corrected chi connectivity index (χ0v) is 17.3. The molecular weight excluding hydrogens is 394 g/mol. The van der Waals surface area contributed by atoms with Crippen LogP contribution in [-0.4, -0.2) is 52.3 Å². The first kappa shape index (κ1) is 20.7. The number of methoxy groups -OCH3 is 1. The number of nitrogens with one attached hydrogen (secondary N) is 2. The summed E-state index contributed by atoms with van der Waals surface area (Å²) in [5, 5.41) is 14.3. The predicted octanol–water partition coefficient (Wildman–Crippen LogP) is 2.28. The number of carbonyl (C=O) groups excluding carboxylic acids is 2. The average Bonchev–Trinajstić information content (AvgIpc) is 3.20. The van der Waals surface area contributed by atoms with Crippen LogP contribution >= 0.6 is 11.8 Å². The van der Waals surface area contributed by atoms with Crippen LogP contribution in [0.3, 0.4) is 0 Å². The molecule has 1 aliphatic heterocycles. The summed E-state index contributed by atoms with van der Waals surface area (Å²) in [5.41, 5.74) is 1.80. The second kappa shape index (κ2) is 9.46. The van der Waals surface area contributed by atoms with Gasteiger partial charge in [0.2, 0.25) is 0 Å². The summed E-state index contributed by atoms with van der Waals surface area (Å²) in [5.74, 6) is 0.619. The summed E-state index contributed by atoms with van der Waals surface area (Å²) in [4.78, 5) is 24.5. The number of amides is 2. The molecule has 1 atom stereocenters. The molecule has 3 rings (SSSR count). The van der Waals surface area contributed by atoms with Crippen molar-refractivity contribution >= 4 is 23.8 Å². The van der Waals surface area contributed by atoms with Gasteiger partial charge in [0.25, 0.3) is 0 Å². The molecule has 154 valence electrons. The van der Waals surface area contributed by atoms with Gasteiger partial charge in [-0.15, -0.1) is 10.2 Å².